The summed E-state index contributed by atoms with van der Waals surface area (Å²) >= 11 is 0. The van der Waals surface area contributed by atoms with E-state index in [2.05, 4.69) is 22.3 Å². The molecule has 4 aromatic rings. The number of nitrogens with zero attached hydrogens (tertiary/aromatic N) is 4. The van der Waals surface area contributed by atoms with Gasteiger partial charge in [-0.15, -0.1) is 0 Å². The molecule has 0 unspecified atom stereocenters. The number of rotatable bonds is 4. The van der Waals surface area contributed by atoms with Crippen LogP contribution in [-0.4, -0.2) is 25.1 Å². The standard InChI is InChI=1S/C20H19N5O2/c1-3-14-6-8-15(9-7-14)22-18(26)12-24-16-5-4-10-21-19(16)25-17(20(24)27)11-13(2)23-25/h4-11H,3,12H2,1-2H3,(H,22,26). The second-order valence-electron chi connectivity index (χ2n) is 6.42. The number of carbonyl (C=O) groups excluding carboxylic acids is 1. The molecule has 0 atom stereocenters. The average Bonchev–Trinajstić information content (AvgIpc) is 3.08. The minimum atomic E-state index is -0.271. The summed E-state index contributed by atoms with van der Waals surface area (Å²) in [4.78, 5) is 29.8. The number of hydrogen-bond donors (Lipinski definition) is 1. The Morgan fingerprint density at radius 2 is 1.93 bits per heavy atom. The van der Waals surface area contributed by atoms with E-state index in [0.29, 0.717) is 22.4 Å². The molecule has 0 bridgehead atoms. The van der Waals surface area contributed by atoms with Crippen LogP contribution < -0.4 is 10.9 Å². The van der Waals surface area contributed by atoms with Gasteiger partial charge < -0.3 is 5.32 Å². The van der Waals surface area contributed by atoms with Crippen LogP contribution in [0, 0.1) is 6.92 Å². The zero-order chi connectivity index (χ0) is 19.0. The Labute approximate surface area is 155 Å². The van der Waals surface area contributed by atoms with Gasteiger partial charge in [-0.05, 0) is 49.2 Å². The van der Waals surface area contributed by atoms with Crippen molar-refractivity contribution in [3.05, 3.63) is 70.3 Å². The van der Waals surface area contributed by atoms with Gasteiger partial charge >= 0.3 is 0 Å². The number of hydrogen-bond acceptors (Lipinski definition) is 4. The molecule has 136 valence electrons. The van der Waals surface area contributed by atoms with Crippen molar-refractivity contribution in [1.29, 1.82) is 0 Å². The van der Waals surface area contributed by atoms with Gasteiger partial charge in [-0.25, -0.2) is 9.50 Å². The molecule has 0 radical (unpaired) electrons. The summed E-state index contributed by atoms with van der Waals surface area (Å²) in [7, 11) is 0. The first-order valence-electron chi connectivity index (χ1n) is 8.79. The van der Waals surface area contributed by atoms with E-state index in [1.54, 1.807) is 24.4 Å². The zero-order valence-electron chi connectivity index (χ0n) is 15.1. The van der Waals surface area contributed by atoms with Gasteiger partial charge in [-0.3, -0.25) is 14.2 Å². The van der Waals surface area contributed by atoms with Gasteiger partial charge in [0.1, 0.15) is 12.1 Å². The lowest BCUT2D eigenvalue weighted by molar-refractivity contribution is -0.116. The first-order valence-corrected chi connectivity index (χ1v) is 8.79. The number of pyridine rings is 1. The maximum absolute atomic E-state index is 12.9. The number of nitrogens with one attached hydrogen (secondary N) is 1. The molecule has 27 heavy (non-hydrogen) atoms. The molecule has 3 aromatic heterocycles. The molecule has 1 N–H and O–H groups in total. The number of amides is 1. The second kappa shape index (κ2) is 6.68. The molecular formula is C20H19N5O2. The molecule has 4 rings (SSSR count). The minimum Gasteiger partial charge on any atom is -0.325 e. The van der Waals surface area contributed by atoms with E-state index in [1.807, 2.05) is 31.2 Å². The number of benzene rings is 1. The van der Waals surface area contributed by atoms with Crippen LogP contribution in [0.15, 0.2) is 53.5 Å². The Hall–Kier alpha value is -3.48. The summed E-state index contributed by atoms with van der Waals surface area (Å²) in [5, 5.41) is 7.19. The number of fused-ring (bicyclic) bond motifs is 3. The molecule has 7 nitrogen and oxygen atoms in total. The molecule has 0 aliphatic carbocycles. The third-order valence-electron chi connectivity index (χ3n) is 4.50. The van der Waals surface area contributed by atoms with E-state index in [4.69, 9.17) is 0 Å². The molecular weight excluding hydrogens is 342 g/mol. The number of aryl methyl sites for hydroxylation is 2. The number of aromatic nitrogens is 4. The van der Waals surface area contributed by atoms with Crippen molar-refractivity contribution in [2.24, 2.45) is 0 Å². The fourth-order valence-corrected chi connectivity index (χ4v) is 3.15. The maximum atomic E-state index is 12.9. The maximum Gasteiger partial charge on any atom is 0.277 e. The van der Waals surface area contributed by atoms with Crippen molar-refractivity contribution in [1.82, 2.24) is 19.2 Å². The monoisotopic (exact) mass is 361 g/mol. The largest absolute Gasteiger partial charge is 0.325 e. The van der Waals surface area contributed by atoms with Crippen molar-refractivity contribution in [3.63, 3.8) is 0 Å². The van der Waals surface area contributed by atoms with Crippen LogP contribution in [0.5, 0.6) is 0 Å². The van der Waals surface area contributed by atoms with Gasteiger partial charge in [0.15, 0.2) is 5.65 Å². The van der Waals surface area contributed by atoms with Crippen LogP contribution in [0.1, 0.15) is 18.2 Å². The van der Waals surface area contributed by atoms with Crippen LogP contribution in [0.25, 0.3) is 16.7 Å². The number of carbonyl (C=O) groups is 1. The van der Waals surface area contributed by atoms with E-state index in [1.165, 1.54) is 14.6 Å². The molecule has 1 amide bonds. The minimum absolute atomic E-state index is 0.0999. The van der Waals surface area contributed by atoms with Crippen LogP contribution in [0.2, 0.25) is 0 Å². The SMILES string of the molecule is CCc1ccc(NC(=O)Cn2c(=O)c3cc(C)nn3c3ncccc32)cc1. The molecule has 7 heteroatoms. The number of anilines is 1. The molecule has 0 spiro atoms. The zero-order valence-corrected chi connectivity index (χ0v) is 15.1. The van der Waals surface area contributed by atoms with Gasteiger partial charge in [-0.1, -0.05) is 19.1 Å². The fourth-order valence-electron chi connectivity index (χ4n) is 3.15. The Bertz CT molecular complexity index is 1200. The highest BCUT2D eigenvalue weighted by atomic mass is 16.2. The van der Waals surface area contributed by atoms with Crippen LogP contribution in [0.3, 0.4) is 0 Å². The molecule has 0 saturated heterocycles. The summed E-state index contributed by atoms with van der Waals surface area (Å²) in [6.07, 6.45) is 2.58. The predicted molar refractivity (Wildman–Crippen MR) is 104 cm³/mol. The van der Waals surface area contributed by atoms with Gasteiger partial charge in [-0.2, -0.15) is 5.10 Å². The van der Waals surface area contributed by atoms with Crippen molar-refractivity contribution < 1.29 is 4.79 Å². The van der Waals surface area contributed by atoms with E-state index < -0.39 is 0 Å². The van der Waals surface area contributed by atoms with Gasteiger partial charge in [0.25, 0.3) is 5.56 Å². The van der Waals surface area contributed by atoms with Crippen LogP contribution in [-0.2, 0) is 17.8 Å². The Morgan fingerprint density at radius 1 is 1.15 bits per heavy atom. The van der Waals surface area contributed by atoms with E-state index >= 15 is 0 Å². The predicted octanol–water partition coefficient (Wildman–Crippen LogP) is 2.55. The molecule has 1 aromatic carbocycles. The highest BCUT2D eigenvalue weighted by Gasteiger charge is 2.15. The first kappa shape index (κ1) is 17.0. The summed E-state index contributed by atoms with van der Waals surface area (Å²) in [5.74, 6) is -0.271. The molecule has 3 heterocycles. The topological polar surface area (TPSA) is 81.3 Å². The summed E-state index contributed by atoms with van der Waals surface area (Å²) in [6.45, 7) is 3.79. The average molecular weight is 361 g/mol. The van der Waals surface area contributed by atoms with Crippen molar-refractivity contribution in [2.75, 3.05) is 5.32 Å². The van der Waals surface area contributed by atoms with Crippen molar-refractivity contribution in [3.8, 4) is 0 Å². The van der Waals surface area contributed by atoms with Gasteiger partial charge in [0, 0.05) is 11.9 Å². The summed E-state index contributed by atoms with van der Waals surface area (Å²) in [6, 6.07) is 12.9. The van der Waals surface area contributed by atoms with Crippen LogP contribution >= 0.6 is 0 Å². The quantitative estimate of drug-likeness (QED) is 0.606. The highest BCUT2D eigenvalue weighted by molar-refractivity contribution is 5.91. The Balaban J connectivity index is 1.72. The van der Waals surface area contributed by atoms with Gasteiger partial charge in [0.2, 0.25) is 5.91 Å². The smallest absolute Gasteiger partial charge is 0.277 e. The fraction of sp³-hybridized carbons (Fsp3) is 0.200. The third-order valence-corrected chi connectivity index (χ3v) is 4.50. The molecule has 0 fully saturated rings. The van der Waals surface area contributed by atoms with Gasteiger partial charge in [0.05, 0.1) is 11.2 Å². The van der Waals surface area contributed by atoms with E-state index in [9.17, 15) is 9.59 Å². The summed E-state index contributed by atoms with van der Waals surface area (Å²) < 4.78 is 2.97. The Kier molecular flexibility index (Phi) is 4.19. The van der Waals surface area contributed by atoms with Crippen molar-refractivity contribution >= 4 is 28.3 Å². The van der Waals surface area contributed by atoms with E-state index in [-0.39, 0.29) is 18.0 Å². The third kappa shape index (κ3) is 3.08. The van der Waals surface area contributed by atoms with E-state index in [0.717, 1.165) is 12.1 Å². The lowest BCUT2D eigenvalue weighted by atomic mass is 10.1. The lowest BCUT2D eigenvalue weighted by Crippen LogP contribution is -2.29. The summed E-state index contributed by atoms with van der Waals surface area (Å²) in [5.41, 5.74) is 3.86. The van der Waals surface area contributed by atoms with Crippen LogP contribution in [0.4, 0.5) is 5.69 Å². The van der Waals surface area contributed by atoms with Crippen molar-refractivity contribution in [2.45, 2.75) is 26.8 Å². The normalized spacial score (nSPS) is 11.2. The Morgan fingerprint density at radius 3 is 2.67 bits per heavy atom. The highest BCUT2D eigenvalue weighted by Crippen LogP contribution is 2.14. The molecule has 0 aliphatic rings. The lowest BCUT2D eigenvalue weighted by Gasteiger charge is -2.11. The molecule has 0 aliphatic heterocycles. The first-order chi connectivity index (χ1) is 13.1. The second-order valence-corrected chi connectivity index (χ2v) is 6.42. The molecule has 0 saturated carbocycles.